The zero-order valence-corrected chi connectivity index (χ0v) is 33.7. The molecule has 1 aliphatic carbocycles. The second-order valence-electron chi connectivity index (χ2n) is 16.6. The van der Waals surface area contributed by atoms with Crippen molar-refractivity contribution in [2.24, 2.45) is 5.41 Å². The number of fused-ring (bicyclic) bond motifs is 1. The first-order valence-electron chi connectivity index (χ1n) is 19.9. The van der Waals surface area contributed by atoms with Crippen molar-refractivity contribution >= 4 is 52.1 Å². The minimum Gasteiger partial charge on any atom is -0.391 e. The lowest BCUT2D eigenvalue weighted by Crippen LogP contribution is -2.55. The predicted octanol–water partition coefficient (Wildman–Crippen LogP) is 3.34. The molecule has 16 nitrogen and oxygen atoms in total. The van der Waals surface area contributed by atoms with Crippen molar-refractivity contribution in [2.75, 3.05) is 70.2 Å². The van der Waals surface area contributed by atoms with E-state index in [9.17, 15) is 24.3 Å². The van der Waals surface area contributed by atoms with Gasteiger partial charge in [-0.15, -0.1) is 0 Å². The van der Waals surface area contributed by atoms with Gasteiger partial charge in [-0.25, -0.2) is 9.97 Å². The molecule has 16 heteroatoms. The van der Waals surface area contributed by atoms with E-state index in [0.29, 0.717) is 50.1 Å². The Labute approximate surface area is 329 Å². The fourth-order valence-corrected chi connectivity index (χ4v) is 7.91. The van der Waals surface area contributed by atoms with Gasteiger partial charge in [0.05, 0.1) is 37.6 Å². The van der Waals surface area contributed by atoms with Crippen LogP contribution in [0.2, 0.25) is 0 Å². The molecule has 4 amide bonds. The SMILES string of the molecule is C[C@@H]1C[C@@H](O)CN1C(=O)[C@@H](NC(=O)CCOCCC(=O)N1CCN(c2ccc(Nc3ncc4cc(C(=O)N(C)C)n(C5CCCC5)c4n3)nc2)CC1)C(C)(C)C. The van der Waals surface area contributed by atoms with Gasteiger partial charge in [0.2, 0.25) is 23.7 Å². The molecule has 1 saturated carbocycles. The maximum Gasteiger partial charge on any atom is 0.270 e. The second-order valence-corrected chi connectivity index (χ2v) is 16.6. The van der Waals surface area contributed by atoms with E-state index in [-0.39, 0.29) is 68.3 Å². The third-order valence-electron chi connectivity index (χ3n) is 11.1. The Morgan fingerprint density at radius 1 is 1.00 bits per heavy atom. The quantitative estimate of drug-likeness (QED) is 0.217. The first-order valence-corrected chi connectivity index (χ1v) is 19.9. The fraction of sp³-hybridized carbons (Fsp3) is 0.625. The van der Waals surface area contributed by atoms with Crippen molar-refractivity contribution in [1.82, 2.24) is 39.5 Å². The third-order valence-corrected chi connectivity index (χ3v) is 11.1. The molecule has 0 aromatic carbocycles. The van der Waals surface area contributed by atoms with Crippen LogP contribution in [-0.4, -0.2) is 141 Å². The van der Waals surface area contributed by atoms with Crippen LogP contribution < -0.4 is 15.5 Å². The van der Waals surface area contributed by atoms with Crippen molar-refractivity contribution in [3.8, 4) is 0 Å². The molecule has 2 aliphatic heterocycles. The summed E-state index contributed by atoms with van der Waals surface area (Å²) < 4.78 is 7.74. The van der Waals surface area contributed by atoms with Gasteiger partial charge in [-0.3, -0.25) is 19.2 Å². The Hall–Kier alpha value is -4.83. The summed E-state index contributed by atoms with van der Waals surface area (Å²) >= 11 is 0. The second kappa shape index (κ2) is 17.5. The van der Waals surface area contributed by atoms with Crippen LogP contribution in [0.5, 0.6) is 0 Å². The number of rotatable bonds is 13. The van der Waals surface area contributed by atoms with Crippen molar-refractivity contribution in [3.05, 3.63) is 36.3 Å². The molecule has 0 radical (unpaired) electrons. The zero-order chi connectivity index (χ0) is 40.1. The lowest BCUT2D eigenvalue weighted by Gasteiger charge is -2.36. The summed E-state index contributed by atoms with van der Waals surface area (Å²) in [6, 6.07) is 5.18. The summed E-state index contributed by atoms with van der Waals surface area (Å²) in [5, 5.41) is 16.9. The number of piperazine rings is 1. The Kier molecular flexibility index (Phi) is 12.8. The third kappa shape index (κ3) is 9.57. The number of aliphatic hydroxyl groups excluding tert-OH is 1. The van der Waals surface area contributed by atoms with E-state index in [1.54, 1.807) is 36.3 Å². The van der Waals surface area contributed by atoms with Crippen LogP contribution in [0.15, 0.2) is 30.6 Å². The molecular formula is C40H58N10O6. The molecule has 6 rings (SSSR count). The molecular weight excluding hydrogens is 717 g/mol. The minimum absolute atomic E-state index is 0.00123. The highest BCUT2D eigenvalue weighted by Crippen LogP contribution is 2.35. The molecule has 304 valence electrons. The Morgan fingerprint density at radius 3 is 2.34 bits per heavy atom. The molecule has 3 aromatic rings. The minimum atomic E-state index is -0.722. The normalized spacial score (nSPS) is 19.7. The summed E-state index contributed by atoms with van der Waals surface area (Å²) in [6.45, 7) is 10.7. The van der Waals surface area contributed by atoms with Gasteiger partial charge in [0.25, 0.3) is 5.91 Å². The van der Waals surface area contributed by atoms with E-state index in [1.807, 2.05) is 50.8 Å². The number of aliphatic hydroxyl groups is 1. The Morgan fingerprint density at radius 2 is 1.71 bits per heavy atom. The molecule has 5 heterocycles. The fourth-order valence-electron chi connectivity index (χ4n) is 7.91. The van der Waals surface area contributed by atoms with Crippen LogP contribution in [0.4, 0.5) is 17.5 Å². The molecule has 2 saturated heterocycles. The molecule has 0 bridgehead atoms. The standard InChI is InChI=1S/C40H58N10O6/c1-26-21-30(51)25-49(26)38(55)35(40(2,3)4)44-33(52)13-19-56-20-14-34(53)48-17-15-47(16-18-48)29-11-12-32(41-24-29)43-39-42-23-27-22-31(37(54)46(5)6)50(36(27)45-39)28-9-7-8-10-28/h11-12,22-24,26,28,30,35,51H,7-10,13-21,25H2,1-6H3,(H,44,52)(H,41,42,43,45)/t26-,30-,35-/m1/s1. The van der Waals surface area contributed by atoms with E-state index >= 15 is 0 Å². The van der Waals surface area contributed by atoms with Gasteiger partial charge in [0.15, 0.2) is 0 Å². The van der Waals surface area contributed by atoms with E-state index in [2.05, 4.69) is 30.1 Å². The highest BCUT2D eigenvalue weighted by Gasteiger charge is 2.40. The number of likely N-dealkylation sites (tertiary alicyclic amines) is 1. The van der Waals surface area contributed by atoms with E-state index < -0.39 is 17.6 Å². The molecule has 3 atom stereocenters. The number of carbonyl (C=O) groups is 4. The number of pyridine rings is 1. The van der Waals surface area contributed by atoms with Crippen LogP contribution in [0.1, 0.15) is 89.2 Å². The molecule has 0 unspecified atom stereocenters. The number of nitrogens with one attached hydrogen (secondary N) is 2. The maximum atomic E-state index is 13.3. The first kappa shape index (κ1) is 40.8. The first-order chi connectivity index (χ1) is 26.7. The van der Waals surface area contributed by atoms with Gasteiger partial charge >= 0.3 is 0 Å². The van der Waals surface area contributed by atoms with Gasteiger partial charge in [-0.1, -0.05) is 33.6 Å². The number of hydrogen-bond acceptors (Lipinski definition) is 11. The highest BCUT2D eigenvalue weighted by molar-refractivity contribution is 5.98. The zero-order valence-electron chi connectivity index (χ0n) is 33.7. The average Bonchev–Trinajstić information content (AvgIpc) is 3.91. The number of β-amino-alcohol motifs (C(OH)–C–C–N with tert-alkyl or cyclic N) is 1. The number of hydrogen-bond donors (Lipinski definition) is 3. The van der Waals surface area contributed by atoms with E-state index in [4.69, 9.17) is 9.72 Å². The maximum absolute atomic E-state index is 13.3. The average molecular weight is 775 g/mol. The predicted molar refractivity (Wildman–Crippen MR) is 213 cm³/mol. The van der Waals surface area contributed by atoms with Crippen LogP contribution in [-0.2, 0) is 19.1 Å². The van der Waals surface area contributed by atoms with Crippen LogP contribution >= 0.6 is 0 Å². The largest absolute Gasteiger partial charge is 0.391 e. The summed E-state index contributed by atoms with van der Waals surface area (Å²) in [7, 11) is 3.52. The molecule has 3 N–H and O–H groups in total. The van der Waals surface area contributed by atoms with Crippen LogP contribution in [0.3, 0.4) is 0 Å². The number of ether oxygens (including phenoxy) is 1. The number of carbonyl (C=O) groups excluding carboxylic acids is 4. The van der Waals surface area contributed by atoms with Crippen molar-refractivity contribution in [3.63, 3.8) is 0 Å². The Bertz CT molecular complexity index is 1860. The number of aromatic nitrogens is 4. The lowest BCUT2D eigenvalue weighted by atomic mass is 9.85. The molecule has 3 aromatic heterocycles. The van der Waals surface area contributed by atoms with Crippen molar-refractivity contribution in [1.29, 1.82) is 0 Å². The smallest absolute Gasteiger partial charge is 0.270 e. The summed E-state index contributed by atoms with van der Waals surface area (Å²) in [6.07, 6.45) is 8.12. The molecule has 3 aliphatic rings. The van der Waals surface area contributed by atoms with Crippen molar-refractivity contribution < 1.29 is 29.0 Å². The van der Waals surface area contributed by atoms with Crippen LogP contribution in [0.25, 0.3) is 11.0 Å². The van der Waals surface area contributed by atoms with Crippen molar-refractivity contribution in [2.45, 2.75) is 96.9 Å². The van der Waals surface area contributed by atoms with Gasteiger partial charge in [0, 0.05) is 76.9 Å². The number of nitrogens with zero attached hydrogens (tertiary/aromatic N) is 8. The topological polar surface area (TPSA) is 178 Å². The van der Waals surface area contributed by atoms with Gasteiger partial charge in [-0.05, 0) is 49.8 Å². The lowest BCUT2D eigenvalue weighted by molar-refractivity contribution is -0.140. The monoisotopic (exact) mass is 774 g/mol. The highest BCUT2D eigenvalue weighted by atomic mass is 16.5. The number of anilines is 3. The summed E-state index contributed by atoms with van der Waals surface area (Å²) in [5.74, 6) is 0.483. The molecule has 56 heavy (non-hydrogen) atoms. The summed E-state index contributed by atoms with van der Waals surface area (Å²) in [4.78, 5) is 73.3. The summed E-state index contributed by atoms with van der Waals surface area (Å²) in [5.41, 5.74) is 1.82. The van der Waals surface area contributed by atoms with Crippen LogP contribution in [0, 0.1) is 5.41 Å². The molecule has 0 spiro atoms. The van der Waals surface area contributed by atoms with Gasteiger partial charge < -0.3 is 44.6 Å². The molecule has 3 fully saturated rings. The van der Waals surface area contributed by atoms with Gasteiger partial charge in [-0.2, -0.15) is 4.98 Å². The number of amides is 4. The van der Waals surface area contributed by atoms with E-state index in [1.165, 1.54) is 0 Å². The Balaban J connectivity index is 0.932. The van der Waals surface area contributed by atoms with E-state index in [0.717, 1.165) is 42.4 Å². The van der Waals surface area contributed by atoms with Gasteiger partial charge in [0.1, 0.15) is 23.2 Å².